The summed E-state index contributed by atoms with van der Waals surface area (Å²) in [4.78, 5) is 29.3. The third-order valence-corrected chi connectivity index (χ3v) is 5.11. The zero-order chi connectivity index (χ0) is 18.0. The van der Waals surface area contributed by atoms with Crippen molar-refractivity contribution in [1.82, 2.24) is 4.98 Å². The maximum atomic E-state index is 12.7. The van der Waals surface area contributed by atoms with Gasteiger partial charge in [-0.2, -0.15) is 0 Å². The van der Waals surface area contributed by atoms with Crippen LogP contribution in [0.2, 0.25) is 0 Å². The molecule has 1 aliphatic rings. The lowest BCUT2D eigenvalue weighted by Gasteiger charge is -2.31. The zero-order valence-electron chi connectivity index (χ0n) is 13.7. The predicted octanol–water partition coefficient (Wildman–Crippen LogP) is 2.87. The van der Waals surface area contributed by atoms with Crippen molar-refractivity contribution in [2.75, 3.05) is 17.2 Å². The number of aromatic nitrogens is 1. The molecule has 2 N–H and O–H groups in total. The molecule has 0 saturated carbocycles. The molecular formula is C18H18N2O4S. The second-order valence-corrected chi connectivity index (χ2v) is 6.84. The molecule has 0 spiro atoms. The molecule has 0 radical (unpaired) electrons. The highest BCUT2D eigenvalue weighted by Crippen LogP contribution is 2.32. The zero-order valence-corrected chi connectivity index (χ0v) is 14.5. The van der Waals surface area contributed by atoms with E-state index in [-0.39, 0.29) is 28.0 Å². The second-order valence-electron chi connectivity index (χ2n) is 5.87. The fraction of sp³-hybridized carbons (Fsp3) is 0.278. The summed E-state index contributed by atoms with van der Waals surface area (Å²) in [5.74, 6) is -1.31. The number of pyridine rings is 1. The third kappa shape index (κ3) is 3.61. The number of carboxylic acid groups (broad SMARTS) is 1. The molecule has 0 aliphatic carbocycles. The first kappa shape index (κ1) is 17.3. The summed E-state index contributed by atoms with van der Waals surface area (Å²) in [5.41, 5.74) is 3.14. The molecule has 1 aromatic carbocycles. The Hall–Kier alpha value is -2.54. The van der Waals surface area contributed by atoms with Crippen LogP contribution in [-0.4, -0.2) is 39.4 Å². The number of carbonyl (C=O) groups is 2. The second kappa shape index (κ2) is 7.14. The molecule has 7 heteroatoms. The molecule has 0 bridgehead atoms. The fourth-order valence-corrected chi connectivity index (χ4v) is 3.72. The first-order valence-electron chi connectivity index (χ1n) is 7.91. The summed E-state index contributed by atoms with van der Waals surface area (Å²) in [6, 6.07) is 7.19. The lowest BCUT2D eigenvalue weighted by Crippen LogP contribution is -2.37. The molecule has 6 nitrogen and oxygen atoms in total. The van der Waals surface area contributed by atoms with E-state index in [1.807, 2.05) is 25.1 Å². The van der Waals surface area contributed by atoms with Crippen molar-refractivity contribution in [3.05, 3.63) is 47.2 Å². The SMILES string of the molecule is Cc1cccc2c1N(C(=O)CSc1ncc(C(=O)O)cc1O)CCC2. The van der Waals surface area contributed by atoms with E-state index in [4.69, 9.17) is 5.11 Å². The van der Waals surface area contributed by atoms with Crippen LogP contribution in [0.4, 0.5) is 5.69 Å². The van der Waals surface area contributed by atoms with Gasteiger partial charge in [0.05, 0.1) is 11.3 Å². The average Bonchev–Trinajstić information content (AvgIpc) is 2.60. The van der Waals surface area contributed by atoms with E-state index in [2.05, 4.69) is 4.98 Å². The number of amides is 1. The molecule has 2 aromatic rings. The Labute approximate surface area is 149 Å². The van der Waals surface area contributed by atoms with Crippen molar-refractivity contribution in [2.24, 2.45) is 0 Å². The van der Waals surface area contributed by atoms with Crippen molar-refractivity contribution >= 4 is 29.3 Å². The minimum atomic E-state index is -1.16. The smallest absolute Gasteiger partial charge is 0.337 e. The predicted molar refractivity (Wildman–Crippen MR) is 95.4 cm³/mol. The standard InChI is InChI=1S/C18H18N2O4S/c1-11-4-2-5-12-6-3-7-20(16(11)12)15(22)10-25-17-14(21)8-13(9-19-17)18(23)24/h2,4-5,8-9,21H,3,6-7,10H2,1H3,(H,23,24). The van der Waals surface area contributed by atoms with Crippen molar-refractivity contribution < 1.29 is 19.8 Å². The number of anilines is 1. The molecule has 1 amide bonds. The highest BCUT2D eigenvalue weighted by atomic mass is 32.2. The van der Waals surface area contributed by atoms with Gasteiger partial charge in [0.15, 0.2) is 0 Å². The highest BCUT2D eigenvalue weighted by Gasteiger charge is 2.24. The van der Waals surface area contributed by atoms with E-state index < -0.39 is 5.97 Å². The first-order chi connectivity index (χ1) is 12.0. The van der Waals surface area contributed by atoms with E-state index in [9.17, 15) is 14.7 Å². The van der Waals surface area contributed by atoms with Crippen LogP contribution in [0, 0.1) is 6.92 Å². The molecule has 0 saturated heterocycles. The van der Waals surface area contributed by atoms with Crippen LogP contribution in [0.1, 0.15) is 27.9 Å². The van der Waals surface area contributed by atoms with E-state index >= 15 is 0 Å². The number of hydrogen-bond acceptors (Lipinski definition) is 5. The van der Waals surface area contributed by atoms with Crippen LogP contribution in [0.5, 0.6) is 5.75 Å². The third-order valence-electron chi connectivity index (χ3n) is 4.13. The molecule has 25 heavy (non-hydrogen) atoms. The summed E-state index contributed by atoms with van der Waals surface area (Å²) in [6.07, 6.45) is 3.06. The van der Waals surface area contributed by atoms with Crippen molar-refractivity contribution in [1.29, 1.82) is 0 Å². The Kier molecular flexibility index (Phi) is 4.94. The minimum absolute atomic E-state index is 0.0521. The number of para-hydroxylation sites is 1. The summed E-state index contributed by atoms with van der Waals surface area (Å²) >= 11 is 1.10. The van der Waals surface area contributed by atoms with Gasteiger partial charge in [0.1, 0.15) is 10.8 Å². The number of fused-ring (bicyclic) bond motifs is 1. The minimum Gasteiger partial charge on any atom is -0.505 e. The van der Waals surface area contributed by atoms with E-state index in [0.717, 1.165) is 41.9 Å². The molecule has 0 unspecified atom stereocenters. The van der Waals surface area contributed by atoms with Gasteiger partial charge in [-0.05, 0) is 37.0 Å². The number of aromatic carboxylic acids is 1. The number of aryl methyl sites for hydroxylation is 2. The molecule has 0 fully saturated rings. The largest absolute Gasteiger partial charge is 0.505 e. The van der Waals surface area contributed by atoms with E-state index in [1.165, 1.54) is 11.8 Å². The molecule has 3 rings (SSSR count). The summed E-state index contributed by atoms with van der Waals surface area (Å²) in [5, 5.41) is 19.0. The van der Waals surface area contributed by atoms with Gasteiger partial charge in [-0.1, -0.05) is 30.0 Å². The normalized spacial score (nSPS) is 13.4. The number of aromatic hydroxyl groups is 1. The Morgan fingerprint density at radius 2 is 2.16 bits per heavy atom. The highest BCUT2D eigenvalue weighted by molar-refractivity contribution is 8.00. The molecule has 2 heterocycles. The monoisotopic (exact) mass is 358 g/mol. The van der Waals surface area contributed by atoms with E-state index in [0.29, 0.717) is 6.54 Å². The van der Waals surface area contributed by atoms with Gasteiger partial charge in [-0.25, -0.2) is 9.78 Å². The number of nitrogens with zero attached hydrogens (tertiary/aromatic N) is 2. The Bertz CT molecular complexity index is 838. The van der Waals surface area contributed by atoms with Crippen molar-refractivity contribution in [2.45, 2.75) is 24.8 Å². The lowest BCUT2D eigenvalue weighted by molar-refractivity contribution is -0.116. The van der Waals surface area contributed by atoms with Gasteiger partial charge in [-0.15, -0.1) is 0 Å². The van der Waals surface area contributed by atoms with Gasteiger partial charge in [-0.3, -0.25) is 4.79 Å². The van der Waals surface area contributed by atoms with Crippen LogP contribution < -0.4 is 4.90 Å². The van der Waals surface area contributed by atoms with E-state index in [1.54, 1.807) is 4.90 Å². The Balaban J connectivity index is 1.73. The molecular weight excluding hydrogens is 340 g/mol. The van der Waals surface area contributed by atoms with Crippen LogP contribution >= 0.6 is 11.8 Å². The molecule has 130 valence electrons. The number of rotatable bonds is 4. The van der Waals surface area contributed by atoms with Crippen molar-refractivity contribution in [3.63, 3.8) is 0 Å². The number of carboxylic acids is 1. The lowest BCUT2D eigenvalue weighted by atomic mass is 9.98. The van der Waals surface area contributed by atoms with Gasteiger partial charge in [0.2, 0.25) is 5.91 Å². The number of hydrogen-bond donors (Lipinski definition) is 2. The van der Waals surface area contributed by atoms with Crippen molar-refractivity contribution in [3.8, 4) is 5.75 Å². The number of thioether (sulfide) groups is 1. The topological polar surface area (TPSA) is 90.7 Å². The Morgan fingerprint density at radius 1 is 1.36 bits per heavy atom. The quantitative estimate of drug-likeness (QED) is 0.817. The summed E-state index contributed by atoms with van der Waals surface area (Å²) in [7, 11) is 0. The van der Waals surface area contributed by atoms with Gasteiger partial charge >= 0.3 is 5.97 Å². The first-order valence-corrected chi connectivity index (χ1v) is 8.90. The molecule has 0 atom stereocenters. The number of benzene rings is 1. The Morgan fingerprint density at radius 3 is 2.88 bits per heavy atom. The van der Waals surface area contributed by atoms with Gasteiger partial charge in [0, 0.05) is 18.4 Å². The maximum Gasteiger partial charge on any atom is 0.337 e. The van der Waals surface area contributed by atoms with Crippen LogP contribution in [0.15, 0.2) is 35.5 Å². The summed E-state index contributed by atoms with van der Waals surface area (Å²) in [6.45, 7) is 2.67. The molecule has 1 aromatic heterocycles. The average molecular weight is 358 g/mol. The maximum absolute atomic E-state index is 12.7. The fourth-order valence-electron chi connectivity index (χ4n) is 2.97. The number of carbonyl (C=O) groups excluding carboxylic acids is 1. The van der Waals surface area contributed by atoms with Crippen LogP contribution in [-0.2, 0) is 11.2 Å². The summed E-state index contributed by atoms with van der Waals surface area (Å²) < 4.78 is 0. The molecule has 1 aliphatic heterocycles. The van der Waals surface area contributed by atoms with Crippen LogP contribution in [0.25, 0.3) is 0 Å². The van der Waals surface area contributed by atoms with Gasteiger partial charge in [0.25, 0.3) is 0 Å². The van der Waals surface area contributed by atoms with Crippen LogP contribution in [0.3, 0.4) is 0 Å². The van der Waals surface area contributed by atoms with Gasteiger partial charge < -0.3 is 15.1 Å².